The molecule has 1 spiro atoms. The van der Waals surface area contributed by atoms with Crippen LogP contribution in [0.15, 0.2) is 52.0 Å². The van der Waals surface area contributed by atoms with Crippen molar-refractivity contribution < 1.29 is 9.32 Å². The average Bonchev–Trinajstić information content (AvgIpc) is 3.18. The molecule has 3 heterocycles. The SMILES string of the molecule is Cl.O=C(c1ccc(-c2ncon2)cc1)N(Cc1ccsc1)C1CC12CCNCC2. The van der Waals surface area contributed by atoms with Crippen molar-refractivity contribution in [2.24, 2.45) is 5.41 Å². The van der Waals surface area contributed by atoms with Crippen molar-refractivity contribution in [3.63, 3.8) is 0 Å². The molecule has 1 aliphatic carbocycles. The summed E-state index contributed by atoms with van der Waals surface area (Å²) in [6.45, 7) is 2.78. The first-order valence-electron chi connectivity index (χ1n) is 9.65. The van der Waals surface area contributed by atoms with Gasteiger partial charge in [0, 0.05) is 23.7 Å². The van der Waals surface area contributed by atoms with Crippen molar-refractivity contribution in [1.82, 2.24) is 20.4 Å². The molecule has 5 rings (SSSR count). The van der Waals surface area contributed by atoms with Gasteiger partial charge < -0.3 is 14.7 Å². The van der Waals surface area contributed by atoms with Gasteiger partial charge >= 0.3 is 0 Å². The lowest BCUT2D eigenvalue weighted by atomic mass is 9.93. The monoisotopic (exact) mass is 430 g/mol. The van der Waals surface area contributed by atoms with Crippen LogP contribution in [0.4, 0.5) is 0 Å². The average molecular weight is 431 g/mol. The van der Waals surface area contributed by atoms with Crippen LogP contribution in [-0.4, -0.2) is 40.1 Å². The van der Waals surface area contributed by atoms with E-state index in [0.717, 1.165) is 37.9 Å². The van der Waals surface area contributed by atoms with Gasteiger partial charge in [-0.2, -0.15) is 16.3 Å². The van der Waals surface area contributed by atoms with E-state index >= 15 is 0 Å². The molecule has 1 atom stereocenters. The summed E-state index contributed by atoms with van der Waals surface area (Å²) in [4.78, 5) is 19.6. The highest BCUT2D eigenvalue weighted by molar-refractivity contribution is 7.07. The van der Waals surface area contributed by atoms with Gasteiger partial charge in [-0.15, -0.1) is 12.4 Å². The van der Waals surface area contributed by atoms with Crippen LogP contribution in [0, 0.1) is 5.41 Å². The molecule has 1 aliphatic heterocycles. The maximum absolute atomic E-state index is 13.4. The van der Waals surface area contributed by atoms with Crippen LogP contribution < -0.4 is 5.32 Å². The van der Waals surface area contributed by atoms with E-state index in [4.69, 9.17) is 4.52 Å². The summed E-state index contributed by atoms with van der Waals surface area (Å²) in [5, 5.41) is 11.5. The first kappa shape index (κ1) is 20.1. The fourth-order valence-electron chi connectivity index (χ4n) is 4.36. The maximum Gasteiger partial charge on any atom is 0.254 e. The first-order valence-corrected chi connectivity index (χ1v) is 10.6. The second-order valence-electron chi connectivity index (χ2n) is 7.73. The summed E-state index contributed by atoms with van der Waals surface area (Å²) in [7, 11) is 0. The highest BCUT2D eigenvalue weighted by atomic mass is 35.5. The number of hydrogen-bond donors (Lipinski definition) is 1. The van der Waals surface area contributed by atoms with Crippen LogP contribution >= 0.6 is 23.7 Å². The molecule has 0 bridgehead atoms. The lowest BCUT2D eigenvalue weighted by Crippen LogP contribution is -2.39. The number of carbonyl (C=O) groups is 1. The third-order valence-electron chi connectivity index (χ3n) is 6.07. The van der Waals surface area contributed by atoms with Crippen LogP contribution in [0.2, 0.25) is 0 Å². The van der Waals surface area contributed by atoms with Gasteiger partial charge in [0.1, 0.15) is 0 Å². The molecule has 2 fully saturated rings. The number of piperidine rings is 1. The Labute approximate surface area is 179 Å². The molecule has 0 radical (unpaired) electrons. The van der Waals surface area contributed by atoms with Crippen molar-refractivity contribution in [1.29, 1.82) is 0 Å². The predicted octanol–water partition coefficient (Wildman–Crippen LogP) is 4.00. The van der Waals surface area contributed by atoms with E-state index in [1.165, 1.54) is 12.0 Å². The Morgan fingerprint density at radius 1 is 1.24 bits per heavy atom. The predicted molar refractivity (Wildman–Crippen MR) is 114 cm³/mol. The van der Waals surface area contributed by atoms with Gasteiger partial charge in [0.25, 0.3) is 5.91 Å². The Kier molecular flexibility index (Phi) is 5.72. The molecule has 1 unspecified atom stereocenters. The summed E-state index contributed by atoms with van der Waals surface area (Å²) in [5.41, 5.74) is 3.06. The van der Waals surface area contributed by atoms with Crippen molar-refractivity contribution in [3.8, 4) is 11.4 Å². The Bertz CT molecular complexity index is 938. The molecule has 1 aromatic carbocycles. The second-order valence-corrected chi connectivity index (χ2v) is 8.51. The Morgan fingerprint density at radius 3 is 2.69 bits per heavy atom. The van der Waals surface area contributed by atoms with Crippen LogP contribution in [0.25, 0.3) is 11.4 Å². The molecule has 1 saturated carbocycles. The van der Waals surface area contributed by atoms with Crippen molar-refractivity contribution in [2.45, 2.75) is 31.8 Å². The molecule has 2 aromatic heterocycles. The lowest BCUT2D eigenvalue weighted by Gasteiger charge is -2.29. The zero-order valence-electron chi connectivity index (χ0n) is 15.9. The van der Waals surface area contributed by atoms with E-state index in [-0.39, 0.29) is 18.3 Å². The number of nitrogens with one attached hydrogen (secondary N) is 1. The molecular weight excluding hydrogens is 408 g/mol. The largest absolute Gasteiger partial charge is 0.342 e. The zero-order valence-corrected chi connectivity index (χ0v) is 17.5. The van der Waals surface area contributed by atoms with Gasteiger partial charge in [0.05, 0.1) is 0 Å². The van der Waals surface area contributed by atoms with Gasteiger partial charge in [-0.3, -0.25) is 4.79 Å². The maximum atomic E-state index is 13.4. The van der Waals surface area contributed by atoms with E-state index in [0.29, 0.717) is 29.4 Å². The van der Waals surface area contributed by atoms with E-state index in [1.54, 1.807) is 11.3 Å². The molecule has 1 amide bonds. The number of amides is 1. The number of thiophene rings is 1. The van der Waals surface area contributed by atoms with Gasteiger partial charge in [-0.25, -0.2) is 0 Å². The van der Waals surface area contributed by atoms with E-state index in [2.05, 4.69) is 37.2 Å². The summed E-state index contributed by atoms with van der Waals surface area (Å²) in [6.07, 6.45) is 4.73. The highest BCUT2D eigenvalue weighted by Crippen LogP contribution is 2.56. The number of halogens is 1. The van der Waals surface area contributed by atoms with Crippen molar-refractivity contribution in [2.75, 3.05) is 13.1 Å². The summed E-state index contributed by atoms with van der Waals surface area (Å²) < 4.78 is 4.81. The van der Waals surface area contributed by atoms with Gasteiger partial charge in [-0.05, 0) is 72.3 Å². The van der Waals surface area contributed by atoms with Gasteiger partial charge in [0.2, 0.25) is 12.2 Å². The third kappa shape index (κ3) is 3.95. The first-order chi connectivity index (χ1) is 13.8. The number of rotatable bonds is 5. The summed E-state index contributed by atoms with van der Waals surface area (Å²) >= 11 is 1.68. The van der Waals surface area contributed by atoms with E-state index in [1.807, 2.05) is 24.3 Å². The van der Waals surface area contributed by atoms with Crippen LogP contribution in [0.3, 0.4) is 0 Å². The van der Waals surface area contributed by atoms with Crippen LogP contribution in [0.5, 0.6) is 0 Å². The highest BCUT2D eigenvalue weighted by Gasteiger charge is 2.57. The molecule has 8 heteroatoms. The molecule has 1 saturated heterocycles. The zero-order chi connectivity index (χ0) is 19.0. The normalized spacial score (nSPS) is 19.5. The van der Waals surface area contributed by atoms with Gasteiger partial charge in [0.15, 0.2) is 0 Å². The molecule has 1 N–H and O–H groups in total. The van der Waals surface area contributed by atoms with Crippen molar-refractivity contribution in [3.05, 3.63) is 58.6 Å². The quantitative estimate of drug-likeness (QED) is 0.662. The van der Waals surface area contributed by atoms with Crippen LogP contribution in [-0.2, 0) is 6.54 Å². The van der Waals surface area contributed by atoms with Crippen LogP contribution in [0.1, 0.15) is 35.2 Å². The standard InChI is InChI=1S/C21H22N4O2S.ClH/c26-20(17-3-1-16(2-4-17)19-23-14-27-24-19)25(12-15-5-10-28-13-15)18-11-21(18)6-8-22-9-7-21;/h1-5,10,13-14,18,22H,6-9,11-12H2;1H. The molecule has 152 valence electrons. The molecule has 6 nitrogen and oxygen atoms in total. The van der Waals surface area contributed by atoms with Gasteiger partial charge in [-0.1, -0.05) is 17.3 Å². The fourth-order valence-corrected chi connectivity index (χ4v) is 5.02. The Hall–Kier alpha value is -2.22. The summed E-state index contributed by atoms with van der Waals surface area (Å²) in [6, 6.07) is 9.95. The van der Waals surface area contributed by atoms with E-state index < -0.39 is 0 Å². The minimum atomic E-state index is 0. The smallest absolute Gasteiger partial charge is 0.254 e. The molecular formula is C21H23ClN4O2S. The molecule has 29 heavy (non-hydrogen) atoms. The van der Waals surface area contributed by atoms with E-state index in [9.17, 15) is 4.79 Å². The third-order valence-corrected chi connectivity index (χ3v) is 6.80. The summed E-state index contributed by atoms with van der Waals surface area (Å²) in [5.74, 6) is 0.635. The minimum absolute atomic E-state index is 0. The molecule has 3 aromatic rings. The minimum Gasteiger partial charge on any atom is -0.342 e. The molecule has 2 aliphatic rings. The second kappa shape index (κ2) is 8.26. The number of carbonyl (C=O) groups excluding carboxylic acids is 1. The number of nitrogens with zero attached hydrogens (tertiary/aromatic N) is 3. The van der Waals surface area contributed by atoms with Crippen molar-refractivity contribution >= 4 is 29.7 Å². The Balaban J connectivity index is 0.00000205. The number of aromatic nitrogens is 2. The Morgan fingerprint density at radius 2 is 2.03 bits per heavy atom. The fraction of sp³-hybridized carbons (Fsp3) is 0.381. The number of benzene rings is 1. The lowest BCUT2D eigenvalue weighted by molar-refractivity contribution is 0.0692. The number of hydrogen-bond acceptors (Lipinski definition) is 6. The topological polar surface area (TPSA) is 71.3 Å².